The summed E-state index contributed by atoms with van der Waals surface area (Å²) in [6.07, 6.45) is 3.26. The summed E-state index contributed by atoms with van der Waals surface area (Å²) in [7, 11) is 0. The molecular formula is C18H42N4. The molecule has 0 fully saturated rings. The molecule has 0 aromatic carbocycles. The van der Waals surface area contributed by atoms with E-state index >= 15 is 0 Å². The van der Waals surface area contributed by atoms with Crippen LogP contribution in [0.5, 0.6) is 0 Å². The summed E-state index contributed by atoms with van der Waals surface area (Å²) < 4.78 is 0. The molecule has 4 nitrogen and oxygen atoms in total. The number of nitrogens with one attached hydrogen (secondary N) is 1. The number of nitrogens with zero attached hydrogens (tertiary/aromatic N) is 1. The molecule has 4 heteroatoms. The van der Waals surface area contributed by atoms with Crippen molar-refractivity contribution in [2.24, 2.45) is 16.9 Å². The summed E-state index contributed by atoms with van der Waals surface area (Å²) >= 11 is 0. The van der Waals surface area contributed by atoms with Gasteiger partial charge < -0.3 is 16.8 Å². The molecule has 134 valence electrons. The lowest BCUT2D eigenvalue weighted by Crippen LogP contribution is -2.57. The van der Waals surface area contributed by atoms with Crippen molar-refractivity contribution in [3.63, 3.8) is 0 Å². The third-order valence-electron chi connectivity index (χ3n) is 5.55. The van der Waals surface area contributed by atoms with Crippen LogP contribution in [0.1, 0.15) is 74.7 Å². The minimum atomic E-state index is -0.147. The first kappa shape index (κ1) is 21.8. The first-order valence-electron chi connectivity index (χ1n) is 8.85. The van der Waals surface area contributed by atoms with Crippen molar-refractivity contribution in [2.45, 2.75) is 91.8 Å². The standard InChI is InChI=1S/C18H42N4/c1-9-15(2)21-12-10-16(3,4)18(7,8)22(14-19)13-11-17(5,6)20/h15,21H,9-14,19-20H2,1-8H3. The van der Waals surface area contributed by atoms with E-state index in [4.69, 9.17) is 11.5 Å². The third-order valence-corrected chi connectivity index (χ3v) is 5.55. The van der Waals surface area contributed by atoms with Crippen LogP contribution in [0.2, 0.25) is 0 Å². The Balaban J connectivity index is 4.74. The highest BCUT2D eigenvalue weighted by Crippen LogP contribution is 2.38. The van der Waals surface area contributed by atoms with Gasteiger partial charge in [0.25, 0.3) is 0 Å². The Bertz CT molecular complexity index is 305. The van der Waals surface area contributed by atoms with Gasteiger partial charge in [-0.25, -0.2) is 0 Å². The van der Waals surface area contributed by atoms with Crippen LogP contribution in [0.4, 0.5) is 0 Å². The average molecular weight is 315 g/mol. The van der Waals surface area contributed by atoms with Crippen molar-refractivity contribution >= 4 is 0 Å². The summed E-state index contributed by atoms with van der Waals surface area (Å²) in [4.78, 5) is 2.38. The number of hydrogen-bond acceptors (Lipinski definition) is 4. The molecule has 0 aliphatic heterocycles. The topological polar surface area (TPSA) is 67.3 Å². The summed E-state index contributed by atoms with van der Waals surface area (Å²) in [6.45, 7) is 20.5. The second kappa shape index (κ2) is 8.62. The molecule has 5 N–H and O–H groups in total. The van der Waals surface area contributed by atoms with Crippen LogP contribution in [0.15, 0.2) is 0 Å². The summed E-state index contributed by atoms with van der Waals surface area (Å²) in [5.74, 6) is 0. The lowest BCUT2D eigenvalue weighted by Gasteiger charge is -2.50. The highest BCUT2D eigenvalue weighted by atomic mass is 15.2. The molecule has 0 saturated carbocycles. The highest BCUT2D eigenvalue weighted by molar-refractivity contribution is 4.95. The van der Waals surface area contributed by atoms with E-state index in [1.165, 1.54) is 6.42 Å². The SMILES string of the molecule is CCC(C)NCCC(C)(C)C(C)(C)N(CN)CCC(C)(C)N. The lowest BCUT2D eigenvalue weighted by atomic mass is 9.71. The maximum atomic E-state index is 6.14. The van der Waals surface area contributed by atoms with E-state index in [1.54, 1.807) is 0 Å². The van der Waals surface area contributed by atoms with Crippen LogP contribution < -0.4 is 16.8 Å². The molecule has 0 aliphatic rings. The Kier molecular flexibility index (Phi) is 8.56. The maximum absolute atomic E-state index is 6.14. The van der Waals surface area contributed by atoms with Gasteiger partial charge in [0, 0.05) is 30.3 Å². The van der Waals surface area contributed by atoms with E-state index in [2.05, 4.69) is 65.6 Å². The van der Waals surface area contributed by atoms with Crippen molar-refractivity contribution in [3.8, 4) is 0 Å². The molecule has 1 atom stereocenters. The first-order chi connectivity index (χ1) is 9.87. The minimum absolute atomic E-state index is 0.0319. The van der Waals surface area contributed by atoms with Gasteiger partial charge in [-0.15, -0.1) is 0 Å². The van der Waals surface area contributed by atoms with E-state index in [9.17, 15) is 0 Å². The molecule has 0 heterocycles. The first-order valence-corrected chi connectivity index (χ1v) is 8.85. The molecule has 0 radical (unpaired) electrons. The lowest BCUT2D eigenvalue weighted by molar-refractivity contribution is 0.00324. The number of rotatable bonds is 11. The fraction of sp³-hybridized carbons (Fsp3) is 1.00. The van der Waals surface area contributed by atoms with Gasteiger partial charge >= 0.3 is 0 Å². The zero-order chi connectivity index (χ0) is 17.6. The van der Waals surface area contributed by atoms with E-state index in [0.29, 0.717) is 12.7 Å². The van der Waals surface area contributed by atoms with Crippen LogP contribution in [0, 0.1) is 5.41 Å². The van der Waals surface area contributed by atoms with E-state index in [0.717, 1.165) is 25.9 Å². The molecule has 0 rings (SSSR count). The van der Waals surface area contributed by atoms with Crippen molar-refractivity contribution in [1.29, 1.82) is 0 Å². The molecule has 0 spiro atoms. The number of hydrogen-bond donors (Lipinski definition) is 3. The van der Waals surface area contributed by atoms with Gasteiger partial charge in [-0.05, 0) is 65.8 Å². The summed E-state index contributed by atoms with van der Waals surface area (Å²) in [5, 5.41) is 3.60. The van der Waals surface area contributed by atoms with Gasteiger partial charge in [-0.2, -0.15) is 0 Å². The van der Waals surface area contributed by atoms with Crippen molar-refractivity contribution in [2.75, 3.05) is 19.8 Å². The Morgan fingerprint density at radius 1 is 1.05 bits per heavy atom. The average Bonchev–Trinajstić information content (AvgIpc) is 2.37. The smallest absolute Gasteiger partial charge is 0.0460 e. The molecule has 0 aromatic heterocycles. The summed E-state index contributed by atoms with van der Waals surface area (Å²) in [5.41, 5.74) is 12.3. The Morgan fingerprint density at radius 2 is 1.59 bits per heavy atom. The molecule has 0 bridgehead atoms. The fourth-order valence-electron chi connectivity index (χ4n) is 2.53. The quantitative estimate of drug-likeness (QED) is 0.513. The van der Waals surface area contributed by atoms with Gasteiger partial charge in [0.2, 0.25) is 0 Å². The zero-order valence-corrected chi connectivity index (χ0v) is 16.4. The Hall–Kier alpha value is -0.160. The second-order valence-corrected chi connectivity index (χ2v) is 8.64. The van der Waals surface area contributed by atoms with Crippen LogP contribution >= 0.6 is 0 Å². The van der Waals surface area contributed by atoms with Gasteiger partial charge in [0.15, 0.2) is 0 Å². The minimum Gasteiger partial charge on any atom is -0.326 e. The third kappa shape index (κ3) is 6.95. The molecule has 0 saturated heterocycles. The molecule has 0 aromatic rings. The van der Waals surface area contributed by atoms with Crippen LogP contribution in [-0.2, 0) is 0 Å². The molecule has 1 unspecified atom stereocenters. The summed E-state index contributed by atoms with van der Waals surface area (Å²) in [6, 6.07) is 0.586. The van der Waals surface area contributed by atoms with E-state index in [1.807, 2.05) is 0 Å². The van der Waals surface area contributed by atoms with Gasteiger partial charge in [-0.3, -0.25) is 4.90 Å². The number of nitrogens with two attached hydrogens (primary N) is 2. The predicted molar refractivity (Wildman–Crippen MR) is 98.9 cm³/mol. The Morgan fingerprint density at radius 3 is 2.00 bits per heavy atom. The monoisotopic (exact) mass is 314 g/mol. The molecule has 0 aliphatic carbocycles. The molecular weight excluding hydrogens is 272 g/mol. The van der Waals surface area contributed by atoms with Crippen LogP contribution in [-0.4, -0.2) is 41.8 Å². The predicted octanol–water partition coefficient (Wildman–Crippen LogP) is 2.92. The van der Waals surface area contributed by atoms with E-state index < -0.39 is 0 Å². The van der Waals surface area contributed by atoms with Crippen molar-refractivity contribution < 1.29 is 0 Å². The largest absolute Gasteiger partial charge is 0.326 e. The fourth-order valence-corrected chi connectivity index (χ4v) is 2.53. The van der Waals surface area contributed by atoms with Crippen LogP contribution in [0.25, 0.3) is 0 Å². The zero-order valence-electron chi connectivity index (χ0n) is 16.4. The van der Waals surface area contributed by atoms with Gasteiger partial charge in [-0.1, -0.05) is 20.8 Å². The van der Waals surface area contributed by atoms with E-state index in [-0.39, 0.29) is 16.5 Å². The van der Waals surface area contributed by atoms with Gasteiger partial charge in [0.05, 0.1) is 0 Å². The van der Waals surface area contributed by atoms with Crippen molar-refractivity contribution in [3.05, 3.63) is 0 Å². The second-order valence-electron chi connectivity index (χ2n) is 8.64. The van der Waals surface area contributed by atoms with Gasteiger partial charge in [0.1, 0.15) is 0 Å². The molecule has 0 amide bonds. The molecule has 22 heavy (non-hydrogen) atoms. The normalized spacial score (nSPS) is 15.4. The van der Waals surface area contributed by atoms with Crippen molar-refractivity contribution in [1.82, 2.24) is 10.2 Å². The highest BCUT2D eigenvalue weighted by Gasteiger charge is 2.40. The van der Waals surface area contributed by atoms with Crippen LogP contribution in [0.3, 0.4) is 0 Å². The maximum Gasteiger partial charge on any atom is 0.0460 e. The Labute approximate surface area is 139 Å².